The van der Waals surface area contributed by atoms with Gasteiger partial charge in [0.2, 0.25) is 5.91 Å². The van der Waals surface area contributed by atoms with E-state index in [2.05, 4.69) is 5.32 Å². The van der Waals surface area contributed by atoms with Crippen LogP contribution >= 0.6 is 0 Å². The summed E-state index contributed by atoms with van der Waals surface area (Å²) >= 11 is 0. The van der Waals surface area contributed by atoms with E-state index in [1.165, 1.54) is 21.9 Å². The van der Waals surface area contributed by atoms with Gasteiger partial charge in [0.15, 0.2) is 0 Å². The Bertz CT molecular complexity index is 1110. The number of hydrogen-bond acceptors (Lipinski definition) is 3. The number of carbonyl (C=O) groups is 3. The van der Waals surface area contributed by atoms with E-state index in [4.69, 9.17) is 0 Å². The molecule has 2 aromatic rings. The highest BCUT2D eigenvalue weighted by Crippen LogP contribution is 2.38. The summed E-state index contributed by atoms with van der Waals surface area (Å²) in [6.45, 7) is 2.61. The molecule has 3 amide bonds. The summed E-state index contributed by atoms with van der Waals surface area (Å²) in [6, 6.07) is 7.58. The molecular formula is C24H23F4N3O3. The first-order valence-corrected chi connectivity index (χ1v) is 10.9. The molecule has 4 rings (SSSR count). The topological polar surface area (TPSA) is 69.7 Å². The summed E-state index contributed by atoms with van der Waals surface area (Å²) in [4.78, 5) is 41.0. The molecule has 180 valence electrons. The first-order chi connectivity index (χ1) is 16.0. The molecule has 2 atom stereocenters. The van der Waals surface area contributed by atoms with Crippen molar-refractivity contribution in [2.45, 2.75) is 19.5 Å². The van der Waals surface area contributed by atoms with Gasteiger partial charge in [-0.2, -0.15) is 13.2 Å². The lowest BCUT2D eigenvalue weighted by Gasteiger charge is -2.35. The molecule has 0 radical (unpaired) electrons. The van der Waals surface area contributed by atoms with Crippen molar-refractivity contribution in [3.8, 4) is 0 Å². The lowest BCUT2D eigenvalue weighted by Crippen LogP contribution is -2.50. The standard InChI is InChI=1S/C24H23F4N3O3/c1-14-12-18(14)21(32)29-20-7-6-17(25)13-19(20)23(34)31-10-8-30(9-11-31)22(33)15-2-4-16(5-3-15)24(26,27)28/h2-7,13-14,18H,8-12H2,1H3,(H,29,32). The van der Waals surface area contributed by atoms with Gasteiger partial charge in [0.25, 0.3) is 11.8 Å². The predicted molar refractivity (Wildman–Crippen MR) is 116 cm³/mol. The largest absolute Gasteiger partial charge is 0.416 e. The molecule has 2 fully saturated rings. The van der Waals surface area contributed by atoms with Gasteiger partial charge in [-0.3, -0.25) is 14.4 Å². The van der Waals surface area contributed by atoms with Gasteiger partial charge in [-0.15, -0.1) is 0 Å². The number of benzene rings is 2. The zero-order chi connectivity index (χ0) is 24.6. The molecule has 0 spiro atoms. The fourth-order valence-electron chi connectivity index (χ4n) is 3.98. The Morgan fingerprint density at radius 3 is 2.00 bits per heavy atom. The number of amides is 3. The van der Waals surface area contributed by atoms with Crippen LogP contribution in [0.4, 0.5) is 23.2 Å². The minimum Gasteiger partial charge on any atom is -0.335 e. The van der Waals surface area contributed by atoms with E-state index in [0.29, 0.717) is 0 Å². The molecule has 0 bridgehead atoms. The summed E-state index contributed by atoms with van der Waals surface area (Å²) < 4.78 is 52.1. The van der Waals surface area contributed by atoms with Crippen LogP contribution in [-0.2, 0) is 11.0 Å². The fraction of sp³-hybridized carbons (Fsp3) is 0.375. The smallest absolute Gasteiger partial charge is 0.335 e. The lowest BCUT2D eigenvalue weighted by molar-refractivity contribution is -0.137. The SMILES string of the molecule is CC1CC1C(=O)Nc1ccc(F)cc1C(=O)N1CCN(C(=O)c2ccc(C(F)(F)F)cc2)CC1. The molecule has 34 heavy (non-hydrogen) atoms. The molecule has 2 unspecified atom stereocenters. The van der Waals surface area contributed by atoms with Gasteiger partial charge in [-0.25, -0.2) is 4.39 Å². The third-order valence-electron chi connectivity index (χ3n) is 6.23. The van der Waals surface area contributed by atoms with Crippen molar-refractivity contribution in [2.75, 3.05) is 31.5 Å². The zero-order valence-electron chi connectivity index (χ0n) is 18.4. The van der Waals surface area contributed by atoms with Gasteiger partial charge >= 0.3 is 6.18 Å². The maximum Gasteiger partial charge on any atom is 0.416 e. The summed E-state index contributed by atoms with van der Waals surface area (Å²) in [6.07, 6.45) is -3.72. The molecule has 1 N–H and O–H groups in total. The second-order valence-electron chi connectivity index (χ2n) is 8.66. The van der Waals surface area contributed by atoms with Crippen molar-refractivity contribution in [3.05, 3.63) is 65.0 Å². The van der Waals surface area contributed by atoms with E-state index in [1.54, 1.807) is 0 Å². The Hall–Kier alpha value is -3.43. The van der Waals surface area contributed by atoms with Crippen LogP contribution in [0.3, 0.4) is 0 Å². The Labute approximate surface area is 193 Å². The maximum absolute atomic E-state index is 13.9. The number of anilines is 1. The van der Waals surface area contributed by atoms with Crippen molar-refractivity contribution in [1.29, 1.82) is 0 Å². The van der Waals surface area contributed by atoms with Crippen LogP contribution in [0, 0.1) is 17.7 Å². The normalized spacial score (nSPS) is 20.1. The van der Waals surface area contributed by atoms with E-state index < -0.39 is 29.4 Å². The Balaban J connectivity index is 1.40. The third-order valence-corrected chi connectivity index (χ3v) is 6.23. The Kier molecular flexibility index (Phi) is 6.33. The van der Waals surface area contributed by atoms with E-state index in [0.717, 1.165) is 36.8 Å². The highest BCUT2D eigenvalue weighted by Gasteiger charge is 2.39. The van der Waals surface area contributed by atoms with Crippen LogP contribution in [0.1, 0.15) is 39.6 Å². The number of piperazine rings is 1. The molecule has 1 aliphatic heterocycles. The van der Waals surface area contributed by atoms with Gasteiger partial charge in [0.05, 0.1) is 16.8 Å². The number of rotatable bonds is 4. The van der Waals surface area contributed by atoms with Crippen LogP contribution in [0.15, 0.2) is 42.5 Å². The number of alkyl halides is 3. The van der Waals surface area contributed by atoms with Crippen LogP contribution in [0.2, 0.25) is 0 Å². The predicted octanol–water partition coefficient (Wildman–Crippen LogP) is 4.04. The quantitative estimate of drug-likeness (QED) is 0.676. The van der Waals surface area contributed by atoms with E-state index in [1.807, 2.05) is 6.92 Å². The highest BCUT2D eigenvalue weighted by molar-refractivity contribution is 6.04. The van der Waals surface area contributed by atoms with Crippen LogP contribution in [0.25, 0.3) is 0 Å². The molecular weight excluding hydrogens is 454 g/mol. The minimum atomic E-state index is -4.49. The average molecular weight is 477 g/mol. The first-order valence-electron chi connectivity index (χ1n) is 10.9. The Morgan fingerprint density at radius 2 is 1.47 bits per heavy atom. The van der Waals surface area contributed by atoms with Crippen LogP contribution in [-0.4, -0.2) is 53.7 Å². The number of carbonyl (C=O) groups excluding carboxylic acids is 3. The first kappa shape index (κ1) is 23.7. The van der Waals surface area contributed by atoms with Gasteiger partial charge in [0.1, 0.15) is 5.82 Å². The van der Waals surface area contributed by atoms with Crippen LogP contribution < -0.4 is 5.32 Å². The van der Waals surface area contributed by atoms with Crippen molar-refractivity contribution < 1.29 is 31.9 Å². The number of nitrogens with one attached hydrogen (secondary N) is 1. The van der Waals surface area contributed by atoms with Gasteiger partial charge in [-0.05, 0) is 54.8 Å². The minimum absolute atomic E-state index is 0.0316. The monoisotopic (exact) mass is 477 g/mol. The second-order valence-corrected chi connectivity index (χ2v) is 8.66. The molecule has 2 aliphatic rings. The molecule has 10 heteroatoms. The van der Waals surface area contributed by atoms with Crippen molar-refractivity contribution in [1.82, 2.24) is 9.80 Å². The van der Waals surface area contributed by atoms with E-state index in [9.17, 15) is 31.9 Å². The number of hydrogen-bond donors (Lipinski definition) is 1. The Morgan fingerprint density at radius 1 is 0.912 bits per heavy atom. The number of nitrogens with zero attached hydrogens (tertiary/aromatic N) is 2. The summed E-state index contributed by atoms with van der Waals surface area (Å²) in [5.74, 6) is -1.57. The second kappa shape index (κ2) is 9.08. The number of halogens is 4. The third kappa shape index (κ3) is 5.05. The van der Waals surface area contributed by atoms with Gasteiger partial charge < -0.3 is 15.1 Å². The van der Waals surface area contributed by atoms with E-state index in [-0.39, 0.29) is 60.7 Å². The lowest BCUT2D eigenvalue weighted by atomic mass is 10.1. The van der Waals surface area contributed by atoms with Crippen molar-refractivity contribution >= 4 is 23.4 Å². The summed E-state index contributed by atoms with van der Waals surface area (Å²) in [5, 5.41) is 2.72. The zero-order valence-corrected chi connectivity index (χ0v) is 18.4. The van der Waals surface area contributed by atoms with Gasteiger partial charge in [-0.1, -0.05) is 6.92 Å². The molecule has 2 aromatic carbocycles. The molecule has 0 aromatic heterocycles. The highest BCUT2D eigenvalue weighted by atomic mass is 19.4. The molecule has 1 saturated carbocycles. The van der Waals surface area contributed by atoms with Crippen molar-refractivity contribution in [2.24, 2.45) is 11.8 Å². The molecule has 1 saturated heterocycles. The van der Waals surface area contributed by atoms with Gasteiger partial charge in [0, 0.05) is 37.7 Å². The summed E-state index contributed by atoms with van der Waals surface area (Å²) in [7, 11) is 0. The molecule has 1 heterocycles. The fourth-order valence-corrected chi connectivity index (χ4v) is 3.98. The maximum atomic E-state index is 13.9. The molecule has 6 nitrogen and oxygen atoms in total. The van der Waals surface area contributed by atoms with E-state index >= 15 is 0 Å². The van der Waals surface area contributed by atoms with Crippen molar-refractivity contribution in [3.63, 3.8) is 0 Å². The summed E-state index contributed by atoms with van der Waals surface area (Å²) in [5.41, 5.74) is -0.450. The molecule has 1 aliphatic carbocycles. The van der Waals surface area contributed by atoms with Crippen LogP contribution in [0.5, 0.6) is 0 Å². The average Bonchev–Trinajstić information content (AvgIpc) is 3.55.